The second kappa shape index (κ2) is 7.87. The van der Waals surface area contributed by atoms with Gasteiger partial charge in [-0.05, 0) is 44.3 Å². The monoisotopic (exact) mass is 279 g/mol. The Balaban J connectivity index is 2.48. The molecule has 3 N–H and O–H groups in total. The molecular formula is C15H25N3O2. The van der Waals surface area contributed by atoms with Crippen LogP contribution in [0.25, 0.3) is 0 Å². The fraction of sp³-hybridized carbons (Fsp3) is 0.533. The summed E-state index contributed by atoms with van der Waals surface area (Å²) in [5.74, 6) is 0.739. The van der Waals surface area contributed by atoms with Crippen molar-refractivity contribution in [2.75, 3.05) is 32.6 Å². The molecule has 1 aromatic carbocycles. The first kappa shape index (κ1) is 16.5. The smallest absolute Gasteiger partial charge is 0.241 e. The second-order valence-corrected chi connectivity index (χ2v) is 5.44. The lowest BCUT2D eigenvalue weighted by Crippen LogP contribution is -2.39. The predicted molar refractivity (Wildman–Crippen MR) is 81.9 cm³/mol. The Morgan fingerprint density at radius 2 is 1.90 bits per heavy atom. The van der Waals surface area contributed by atoms with Crippen molar-refractivity contribution in [2.45, 2.75) is 19.9 Å². The number of benzene rings is 1. The molecule has 0 radical (unpaired) electrons. The maximum Gasteiger partial charge on any atom is 0.241 e. The Kier molecular flexibility index (Phi) is 6.48. The van der Waals surface area contributed by atoms with Gasteiger partial charge in [0.25, 0.3) is 0 Å². The third-order valence-corrected chi connectivity index (χ3v) is 2.95. The molecule has 0 aliphatic rings. The van der Waals surface area contributed by atoms with E-state index in [4.69, 9.17) is 10.5 Å². The summed E-state index contributed by atoms with van der Waals surface area (Å²) in [6.45, 7) is 5.34. The minimum Gasteiger partial charge on any atom is -0.492 e. The first-order valence-electron chi connectivity index (χ1n) is 6.84. The molecule has 0 spiro atoms. The fourth-order valence-electron chi connectivity index (χ4n) is 1.51. The molecule has 0 aliphatic carbocycles. The Morgan fingerprint density at radius 1 is 1.30 bits per heavy atom. The van der Waals surface area contributed by atoms with Crippen molar-refractivity contribution in [1.82, 2.24) is 4.90 Å². The van der Waals surface area contributed by atoms with Gasteiger partial charge in [0, 0.05) is 12.2 Å². The van der Waals surface area contributed by atoms with E-state index in [9.17, 15) is 4.79 Å². The van der Waals surface area contributed by atoms with E-state index < -0.39 is 6.04 Å². The van der Waals surface area contributed by atoms with Gasteiger partial charge in [-0.1, -0.05) is 13.8 Å². The molecule has 5 nitrogen and oxygen atoms in total. The quantitative estimate of drug-likeness (QED) is 0.794. The first-order chi connectivity index (χ1) is 9.40. The molecule has 5 heteroatoms. The first-order valence-corrected chi connectivity index (χ1v) is 6.84. The third-order valence-electron chi connectivity index (χ3n) is 2.95. The topological polar surface area (TPSA) is 67.6 Å². The number of carbonyl (C=O) groups excluding carboxylic acids is 1. The largest absolute Gasteiger partial charge is 0.492 e. The van der Waals surface area contributed by atoms with Crippen LogP contribution in [0.3, 0.4) is 0 Å². The van der Waals surface area contributed by atoms with E-state index in [0.717, 1.165) is 18.0 Å². The fourth-order valence-corrected chi connectivity index (χ4v) is 1.51. The van der Waals surface area contributed by atoms with Crippen LogP contribution in [0.1, 0.15) is 13.8 Å². The van der Waals surface area contributed by atoms with Gasteiger partial charge in [0.1, 0.15) is 12.4 Å². The molecule has 0 saturated carbocycles. The van der Waals surface area contributed by atoms with Crippen molar-refractivity contribution in [2.24, 2.45) is 11.7 Å². The normalized spacial score (nSPS) is 12.6. The van der Waals surface area contributed by atoms with Gasteiger partial charge in [0.05, 0.1) is 6.04 Å². The van der Waals surface area contributed by atoms with Gasteiger partial charge >= 0.3 is 0 Å². The van der Waals surface area contributed by atoms with Crippen molar-refractivity contribution in [3.05, 3.63) is 24.3 Å². The van der Waals surface area contributed by atoms with Crippen LogP contribution in [-0.4, -0.2) is 44.1 Å². The SMILES string of the molecule is CC(C)C(N)C(=O)Nc1ccc(OCCN(C)C)cc1. The maximum absolute atomic E-state index is 11.8. The van der Waals surface area contributed by atoms with E-state index in [-0.39, 0.29) is 11.8 Å². The van der Waals surface area contributed by atoms with Crippen molar-refractivity contribution >= 4 is 11.6 Å². The number of hydrogen-bond acceptors (Lipinski definition) is 4. The predicted octanol–water partition coefficient (Wildman–Crippen LogP) is 1.55. The van der Waals surface area contributed by atoms with Crippen LogP contribution < -0.4 is 15.8 Å². The zero-order valence-corrected chi connectivity index (χ0v) is 12.7. The summed E-state index contributed by atoms with van der Waals surface area (Å²) in [7, 11) is 4.00. The number of anilines is 1. The van der Waals surface area contributed by atoms with Gasteiger partial charge < -0.3 is 20.7 Å². The van der Waals surface area contributed by atoms with Gasteiger partial charge in [-0.2, -0.15) is 0 Å². The number of ether oxygens (including phenoxy) is 1. The number of carbonyl (C=O) groups is 1. The van der Waals surface area contributed by atoms with Crippen LogP contribution in [0.2, 0.25) is 0 Å². The molecule has 1 aromatic rings. The van der Waals surface area contributed by atoms with Crippen LogP contribution in [0.5, 0.6) is 5.75 Å². The lowest BCUT2D eigenvalue weighted by molar-refractivity contribution is -0.118. The van der Waals surface area contributed by atoms with Crippen molar-refractivity contribution in [3.63, 3.8) is 0 Å². The third kappa shape index (κ3) is 5.59. The van der Waals surface area contributed by atoms with E-state index in [1.165, 1.54) is 0 Å². The van der Waals surface area contributed by atoms with Gasteiger partial charge in [-0.15, -0.1) is 0 Å². The number of nitrogens with one attached hydrogen (secondary N) is 1. The molecule has 0 saturated heterocycles. The molecular weight excluding hydrogens is 254 g/mol. The van der Waals surface area contributed by atoms with Crippen molar-refractivity contribution in [3.8, 4) is 5.75 Å². The molecule has 0 aromatic heterocycles. The summed E-state index contributed by atoms with van der Waals surface area (Å²) in [5, 5.41) is 2.80. The number of nitrogens with zero attached hydrogens (tertiary/aromatic N) is 1. The highest BCUT2D eigenvalue weighted by molar-refractivity contribution is 5.94. The minimum atomic E-state index is -0.494. The Labute approximate surface area is 121 Å². The zero-order valence-electron chi connectivity index (χ0n) is 12.7. The van der Waals surface area contributed by atoms with E-state index >= 15 is 0 Å². The van der Waals surface area contributed by atoms with Gasteiger partial charge in [0.2, 0.25) is 5.91 Å². The molecule has 1 unspecified atom stereocenters. The number of nitrogens with two attached hydrogens (primary N) is 1. The molecule has 0 fully saturated rings. The molecule has 1 rings (SSSR count). The lowest BCUT2D eigenvalue weighted by atomic mass is 10.1. The molecule has 0 heterocycles. The molecule has 0 aliphatic heterocycles. The molecule has 112 valence electrons. The van der Waals surface area contributed by atoms with Gasteiger partial charge in [0.15, 0.2) is 0 Å². The van der Waals surface area contributed by atoms with Crippen LogP contribution in [0.4, 0.5) is 5.69 Å². The number of likely N-dealkylation sites (N-methyl/N-ethyl adjacent to an activating group) is 1. The Morgan fingerprint density at radius 3 is 2.40 bits per heavy atom. The summed E-state index contributed by atoms with van der Waals surface area (Å²) < 4.78 is 5.58. The minimum absolute atomic E-state index is 0.114. The van der Waals surface area contributed by atoms with Crippen LogP contribution in [-0.2, 0) is 4.79 Å². The second-order valence-electron chi connectivity index (χ2n) is 5.44. The summed E-state index contributed by atoms with van der Waals surface area (Å²) in [6, 6.07) is 6.82. The maximum atomic E-state index is 11.8. The highest BCUT2D eigenvalue weighted by Gasteiger charge is 2.16. The molecule has 1 amide bonds. The summed E-state index contributed by atoms with van der Waals surface area (Å²) >= 11 is 0. The number of amides is 1. The van der Waals surface area contributed by atoms with E-state index in [1.807, 2.05) is 52.2 Å². The van der Waals surface area contributed by atoms with Crippen molar-refractivity contribution in [1.29, 1.82) is 0 Å². The summed E-state index contributed by atoms with van der Waals surface area (Å²) in [4.78, 5) is 13.9. The van der Waals surface area contributed by atoms with E-state index in [2.05, 4.69) is 10.2 Å². The number of hydrogen-bond donors (Lipinski definition) is 2. The Hall–Kier alpha value is -1.59. The lowest BCUT2D eigenvalue weighted by Gasteiger charge is -2.15. The van der Waals surface area contributed by atoms with E-state index in [0.29, 0.717) is 6.61 Å². The molecule has 1 atom stereocenters. The summed E-state index contributed by atoms with van der Waals surface area (Å²) in [5.41, 5.74) is 6.52. The van der Waals surface area contributed by atoms with Crippen LogP contribution >= 0.6 is 0 Å². The van der Waals surface area contributed by atoms with Crippen LogP contribution in [0.15, 0.2) is 24.3 Å². The molecule has 20 heavy (non-hydrogen) atoms. The standard InChI is InChI=1S/C15H25N3O2/c1-11(2)14(16)15(19)17-12-5-7-13(8-6-12)20-10-9-18(3)4/h5-8,11,14H,9-10,16H2,1-4H3,(H,17,19). The van der Waals surface area contributed by atoms with Crippen LogP contribution in [0, 0.1) is 5.92 Å². The highest BCUT2D eigenvalue weighted by Crippen LogP contribution is 2.16. The summed E-state index contributed by atoms with van der Waals surface area (Å²) in [6.07, 6.45) is 0. The highest BCUT2D eigenvalue weighted by atomic mass is 16.5. The molecule has 0 bridgehead atoms. The van der Waals surface area contributed by atoms with Crippen molar-refractivity contribution < 1.29 is 9.53 Å². The number of rotatable bonds is 7. The Bertz CT molecular complexity index is 416. The average Bonchev–Trinajstić information content (AvgIpc) is 2.39. The average molecular weight is 279 g/mol. The van der Waals surface area contributed by atoms with E-state index in [1.54, 1.807) is 0 Å². The van der Waals surface area contributed by atoms with Gasteiger partial charge in [-0.3, -0.25) is 4.79 Å². The zero-order chi connectivity index (χ0) is 15.1. The van der Waals surface area contributed by atoms with Gasteiger partial charge in [-0.25, -0.2) is 0 Å².